The number of carbonyl (C=O) groups excluding carboxylic acids is 1. The molecule has 0 saturated heterocycles. The molecule has 1 aromatic heterocycles. The van der Waals surface area contributed by atoms with Crippen molar-refractivity contribution in [1.29, 1.82) is 0 Å². The normalized spacial score (nSPS) is 11.0. The van der Waals surface area contributed by atoms with Crippen molar-refractivity contribution in [3.63, 3.8) is 0 Å². The summed E-state index contributed by atoms with van der Waals surface area (Å²) in [5.41, 5.74) is 5.06. The van der Waals surface area contributed by atoms with Crippen LogP contribution in [0.1, 0.15) is 10.5 Å². The first-order valence-corrected chi connectivity index (χ1v) is 7.61. The standard InChI is InChI=1S/C14H14N2O5S/c1-20-12-6-4-9(7-13(12)21-2)22(18,19)10-3-5-11(14(15)17)16-8-10/h3-8H,1-2H3,(H2,15,17). The van der Waals surface area contributed by atoms with Crippen LogP contribution in [-0.4, -0.2) is 33.5 Å². The largest absolute Gasteiger partial charge is 0.493 e. The van der Waals surface area contributed by atoms with E-state index in [1.54, 1.807) is 0 Å². The number of carbonyl (C=O) groups is 1. The van der Waals surface area contributed by atoms with Crippen LogP contribution in [0.4, 0.5) is 0 Å². The fourth-order valence-electron chi connectivity index (χ4n) is 1.80. The summed E-state index contributed by atoms with van der Waals surface area (Å²) in [6, 6.07) is 6.79. The summed E-state index contributed by atoms with van der Waals surface area (Å²) in [4.78, 5) is 14.7. The molecule has 116 valence electrons. The zero-order chi connectivity index (χ0) is 16.3. The minimum Gasteiger partial charge on any atom is -0.493 e. The Morgan fingerprint density at radius 3 is 2.18 bits per heavy atom. The summed E-state index contributed by atoms with van der Waals surface area (Å²) in [6.45, 7) is 0. The van der Waals surface area contributed by atoms with E-state index in [9.17, 15) is 13.2 Å². The van der Waals surface area contributed by atoms with Crippen LogP contribution >= 0.6 is 0 Å². The summed E-state index contributed by atoms with van der Waals surface area (Å²) in [5.74, 6) is -0.0102. The van der Waals surface area contributed by atoms with Gasteiger partial charge in [-0.2, -0.15) is 0 Å². The van der Waals surface area contributed by atoms with Crippen LogP contribution < -0.4 is 15.2 Å². The molecule has 1 amide bonds. The highest BCUT2D eigenvalue weighted by molar-refractivity contribution is 7.91. The number of nitrogens with two attached hydrogens (primary N) is 1. The Kier molecular flexibility index (Phi) is 4.32. The molecule has 2 N–H and O–H groups in total. The van der Waals surface area contributed by atoms with Crippen molar-refractivity contribution >= 4 is 15.7 Å². The zero-order valence-corrected chi connectivity index (χ0v) is 12.8. The number of hydrogen-bond acceptors (Lipinski definition) is 6. The van der Waals surface area contributed by atoms with Crippen molar-refractivity contribution in [2.24, 2.45) is 5.73 Å². The smallest absolute Gasteiger partial charge is 0.267 e. The van der Waals surface area contributed by atoms with Crippen molar-refractivity contribution in [1.82, 2.24) is 4.98 Å². The van der Waals surface area contributed by atoms with Gasteiger partial charge in [0.25, 0.3) is 5.91 Å². The number of primary amides is 1. The van der Waals surface area contributed by atoms with Crippen molar-refractivity contribution in [2.45, 2.75) is 9.79 Å². The molecule has 0 bridgehead atoms. The third-order valence-electron chi connectivity index (χ3n) is 2.96. The molecule has 8 heteroatoms. The maximum Gasteiger partial charge on any atom is 0.267 e. The summed E-state index contributed by atoms with van der Waals surface area (Å²) in [5, 5.41) is 0. The van der Waals surface area contributed by atoms with Crippen molar-refractivity contribution in [3.8, 4) is 11.5 Å². The molecule has 1 heterocycles. The number of hydrogen-bond donors (Lipinski definition) is 1. The molecule has 0 saturated carbocycles. The number of benzene rings is 1. The molecule has 0 spiro atoms. The maximum absolute atomic E-state index is 12.5. The van der Waals surface area contributed by atoms with E-state index >= 15 is 0 Å². The Balaban J connectivity index is 2.48. The van der Waals surface area contributed by atoms with Gasteiger partial charge in [0.2, 0.25) is 9.84 Å². The molecule has 2 aromatic rings. The van der Waals surface area contributed by atoms with E-state index in [2.05, 4.69) is 4.98 Å². The average molecular weight is 322 g/mol. The molecule has 0 fully saturated rings. The molecule has 22 heavy (non-hydrogen) atoms. The van der Waals surface area contributed by atoms with Gasteiger partial charge >= 0.3 is 0 Å². The summed E-state index contributed by atoms with van der Waals surface area (Å²) in [7, 11) is -0.918. The van der Waals surface area contributed by atoms with Crippen LogP contribution in [0, 0.1) is 0 Å². The van der Waals surface area contributed by atoms with Crippen molar-refractivity contribution in [3.05, 3.63) is 42.2 Å². The molecule has 1 aromatic carbocycles. The molecule has 0 atom stereocenters. The summed E-state index contributed by atoms with van der Waals surface area (Å²) < 4.78 is 35.2. The SMILES string of the molecule is COc1ccc(S(=O)(=O)c2ccc(C(N)=O)nc2)cc1OC. The first-order chi connectivity index (χ1) is 10.4. The van der Waals surface area contributed by atoms with Gasteiger partial charge in [0.1, 0.15) is 5.69 Å². The van der Waals surface area contributed by atoms with Gasteiger partial charge in [0, 0.05) is 12.3 Å². The molecular weight excluding hydrogens is 308 g/mol. The topological polar surface area (TPSA) is 109 Å². The Bertz CT molecular complexity index is 800. The number of amides is 1. The van der Waals surface area contributed by atoms with Crippen LogP contribution in [0.25, 0.3) is 0 Å². The lowest BCUT2D eigenvalue weighted by molar-refractivity contribution is 0.0995. The van der Waals surface area contributed by atoms with Gasteiger partial charge in [-0.3, -0.25) is 4.79 Å². The summed E-state index contributed by atoms with van der Waals surface area (Å²) >= 11 is 0. The third kappa shape index (κ3) is 2.86. The van der Waals surface area contributed by atoms with Crippen LogP contribution in [-0.2, 0) is 9.84 Å². The highest BCUT2D eigenvalue weighted by Gasteiger charge is 2.20. The number of sulfone groups is 1. The molecule has 0 radical (unpaired) electrons. The van der Waals surface area contributed by atoms with E-state index < -0.39 is 15.7 Å². The van der Waals surface area contributed by atoms with Crippen LogP contribution in [0.3, 0.4) is 0 Å². The van der Waals surface area contributed by atoms with Crippen molar-refractivity contribution < 1.29 is 22.7 Å². The summed E-state index contributed by atoms with van der Waals surface area (Å²) in [6.07, 6.45) is 1.09. The molecule has 2 rings (SSSR count). The number of nitrogens with zero attached hydrogens (tertiary/aromatic N) is 1. The third-order valence-corrected chi connectivity index (χ3v) is 4.70. The Morgan fingerprint density at radius 2 is 1.68 bits per heavy atom. The fourth-order valence-corrected chi connectivity index (χ4v) is 3.03. The zero-order valence-electron chi connectivity index (χ0n) is 11.9. The molecule has 0 aliphatic heterocycles. The van der Waals surface area contributed by atoms with Crippen molar-refractivity contribution in [2.75, 3.05) is 14.2 Å². The van der Waals surface area contributed by atoms with Crippen LogP contribution in [0.2, 0.25) is 0 Å². The Labute approximate surface area is 127 Å². The van der Waals surface area contributed by atoms with E-state index in [4.69, 9.17) is 15.2 Å². The van der Waals surface area contributed by atoms with Gasteiger partial charge < -0.3 is 15.2 Å². The molecule has 0 aliphatic rings. The number of ether oxygens (including phenoxy) is 2. The first-order valence-electron chi connectivity index (χ1n) is 6.13. The van der Waals surface area contributed by atoms with Crippen LogP contribution in [0.5, 0.6) is 11.5 Å². The molecule has 7 nitrogen and oxygen atoms in total. The number of pyridine rings is 1. The van der Waals surface area contributed by atoms with Crippen LogP contribution in [0.15, 0.2) is 46.3 Å². The second-order valence-electron chi connectivity index (χ2n) is 4.26. The highest BCUT2D eigenvalue weighted by atomic mass is 32.2. The fraction of sp³-hybridized carbons (Fsp3) is 0.143. The van der Waals surface area contributed by atoms with Gasteiger partial charge in [-0.05, 0) is 24.3 Å². The highest BCUT2D eigenvalue weighted by Crippen LogP contribution is 2.31. The minimum atomic E-state index is -3.79. The van der Waals surface area contributed by atoms with Gasteiger partial charge in [-0.15, -0.1) is 0 Å². The van der Waals surface area contributed by atoms with E-state index in [-0.39, 0.29) is 15.5 Å². The lowest BCUT2D eigenvalue weighted by Crippen LogP contribution is -2.13. The van der Waals surface area contributed by atoms with Gasteiger partial charge in [0.15, 0.2) is 11.5 Å². The number of aromatic nitrogens is 1. The van der Waals surface area contributed by atoms with Gasteiger partial charge in [-0.25, -0.2) is 13.4 Å². The minimum absolute atomic E-state index is 0.00809. The Hall–Kier alpha value is -2.61. The molecule has 0 aliphatic carbocycles. The number of rotatable bonds is 5. The molecular formula is C14H14N2O5S. The number of methoxy groups -OCH3 is 2. The maximum atomic E-state index is 12.5. The lowest BCUT2D eigenvalue weighted by atomic mass is 10.3. The van der Waals surface area contributed by atoms with E-state index in [0.717, 1.165) is 6.20 Å². The quantitative estimate of drug-likeness (QED) is 0.880. The van der Waals surface area contributed by atoms with E-state index in [1.165, 1.54) is 44.6 Å². The second-order valence-corrected chi connectivity index (χ2v) is 6.21. The average Bonchev–Trinajstić information content (AvgIpc) is 2.54. The Morgan fingerprint density at radius 1 is 1.05 bits per heavy atom. The first kappa shape index (κ1) is 15.8. The van der Waals surface area contributed by atoms with Gasteiger partial charge in [-0.1, -0.05) is 0 Å². The monoisotopic (exact) mass is 322 g/mol. The lowest BCUT2D eigenvalue weighted by Gasteiger charge is -2.10. The molecule has 0 unspecified atom stereocenters. The predicted molar refractivity (Wildman–Crippen MR) is 77.8 cm³/mol. The predicted octanol–water partition coefficient (Wildman–Crippen LogP) is 1.03. The van der Waals surface area contributed by atoms with E-state index in [0.29, 0.717) is 11.5 Å². The van der Waals surface area contributed by atoms with Gasteiger partial charge in [0.05, 0.1) is 24.0 Å². The van der Waals surface area contributed by atoms with E-state index in [1.807, 2.05) is 0 Å². The second kappa shape index (κ2) is 6.02.